The highest BCUT2D eigenvalue weighted by Gasteiger charge is 2.34. The Morgan fingerprint density at radius 2 is 1.89 bits per heavy atom. The number of aliphatic carboxylic acids is 1. The maximum Gasteiger partial charge on any atom is 0.310 e. The lowest BCUT2D eigenvalue weighted by atomic mass is 9.86. The molecule has 0 aliphatic carbocycles. The average molecular weight is 372 g/mol. The zero-order chi connectivity index (χ0) is 19.8. The first-order chi connectivity index (χ1) is 12.9. The molecule has 0 radical (unpaired) electrons. The van der Waals surface area contributed by atoms with E-state index in [1.54, 1.807) is 6.92 Å². The first-order valence-corrected chi connectivity index (χ1v) is 9.99. The minimum absolute atomic E-state index is 0.418. The van der Waals surface area contributed by atoms with Gasteiger partial charge in [0.2, 0.25) is 0 Å². The lowest BCUT2D eigenvalue weighted by molar-refractivity contribution is -0.138. The summed E-state index contributed by atoms with van der Waals surface area (Å²) in [5.74, 6) is 2.76. The molecule has 0 spiro atoms. The number of hydrogen-bond acceptors (Lipinski definition) is 3. The van der Waals surface area contributed by atoms with E-state index in [-0.39, 0.29) is 0 Å². The first kappa shape index (κ1) is 21.5. The lowest BCUT2D eigenvalue weighted by Crippen LogP contribution is -2.51. The highest BCUT2D eigenvalue weighted by molar-refractivity contribution is 5.75. The molecule has 3 aliphatic rings. The molecule has 0 aromatic heterocycles. The predicted molar refractivity (Wildman–Crippen MR) is 109 cm³/mol. The summed E-state index contributed by atoms with van der Waals surface area (Å²) in [4.78, 5) is 13.2. The van der Waals surface area contributed by atoms with Gasteiger partial charge in [-0.25, -0.2) is 0 Å². The number of piperidine rings is 3. The van der Waals surface area contributed by atoms with Gasteiger partial charge in [0, 0.05) is 6.54 Å². The summed E-state index contributed by atoms with van der Waals surface area (Å²) >= 11 is 0. The SMILES string of the molecule is C#CCO[C@H]1CN2CCC1CC2.CC(C)Cc1ccc(C(C)C(=O)O)cc1. The Balaban J connectivity index is 0.000000198. The maximum absolute atomic E-state index is 10.8. The van der Waals surface area contributed by atoms with E-state index < -0.39 is 11.9 Å². The average Bonchev–Trinajstić information content (AvgIpc) is 2.67. The number of terminal acetylenes is 1. The fourth-order valence-corrected chi connectivity index (χ4v) is 3.81. The molecule has 1 aromatic carbocycles. The van der Waals surface area contributed by atoms with E-state index in [9.17, 15) is 4.79 Å². The molecule has 3 aliphatic heterocycles. The van der Waals surface area contributed by atoms with Gasteiger partial charge in [-0.15, -0.1) is 6.42 Å². The molecule has 4 heteroatoms. The summed E-state index contributed by atoms with van der Waals surface area (Å²) in [5, 5.41) is 8.85. The fourth-order valence-electron chi connectivity index (χ4n) is 3.81. The molecular formula is C23H33NO3. The van der Waals surface area contributed by atoms with Crippen molar-refractivity contribution in [2.24, 2.45) is 11.8 Å². The van der Waals surface area contributed by atoms with Crippen LogP contribution in [0.2, 0.25) is 0 Å². The van der Waals surface area contributed by atoms with Gasteiger partial charge in [-0.1, -0.05) is 44.0 Å². The van der Waals surface area contributed by atoms with Crippen molar-refractivity contribution in [3.63, 3.8) is 0 Å². The number of fused-ring (bicyclic) bond motifs is 3. The van der Waals surface area contributed by atoms with Crippen LogP contribution in [0.15, 0.2) is 24.3 Å². The number of carbonyl (C=O) groups is 1. The third-order valence-electron chi connectivity index (χ3n) is 5.47. The molecule has 3 saturated heterocycles. The number of carboxylic acid groups (broad SMARTS) is 1. The number of hydrogen-bond donors (Lipinski definition) is 1. The molecule has 148 valence electrons. The summed E-state index contributed by atoms with van der Waals surface area (Å²) < 4.78 is 5.59. The van der Waals surface area contributed by atoms with Gasteiger partial charge < -0.3 is 14.7 Å². The number of ether oxygens (including phenoxy) is 1. The van der Waals surface area contributed by atoms with Crippen LogP contribution in [0.4, 0.5) is 0 Å². The van der Waals surface area contributed by atoms with Crippen molar-refractivity contribution in [2.45, 2.75) is 52.1 Å². The van der Waals surface area contributed by atoms with E-state index in [4.69, 9.17) is 16.3 Å². The summed E-state index contributed by atoms with van der Waals surface area (Å²) in [6.07, 6.45) is 9.22. The van der Waals surface area contributed by atoms with Crippen LogP contribution in [0.3, 0.4) is 0 Å². The Kier molecular flexibility index (Phi) is 8.34. The van der Waals surface area contributed by atoms with Crippen LogP contribution in [0.5, 0.6) is 0 Å². The molecule has 0 saturated carbocycles. The van der Waals surface area contributed by atoms with Crippen LogP contribution in [0.25, 0.3) is 0 Å². The summed E-state index contributed by atoms with van der Waals surface area (Å²) in [5.41, 5.74) is 2.14. The van der Waals surface area contributed by atoms with Crippen LogP contribution in [-0.2, 0) is 16.0 Å². The number of nitrogens with zero attached hydrogens (tertiary/aromatic N) is 1. The summed E-state index contributed by atoms with van der Waals surface area (Å²) in [7, 11) is 0. The van der Waals surface area contributed by atoms with E-state index in [0.717, 1.165) is 24.4 Å². The van der Waals surface area contributed by atoms with E-state index in [1.807, 2.05) is 24.3 Å². The predicted octanol–water partition coefficient (Wildman–Crippen LogP) is 3.80. The smallest absolute Gasteiger partial charge is 0.310 e. The third kappa shape index (κ3) is 6.68. The molecule has 1 aromatic rings. The molecule has 3 heterocycles. The second-order valence-corrected chi connectivity index (χ2v) is 8.09. The molecule has 4 nitrogen and oxygen atoms in total. The molecule has 27 heavy (non-hydrogen) atoms. The zero-order valence-corrected chi connectivity index (χ0v) is 16.9. The Morgan fingerprint density at radius 1 is 1.26 bits per heavy atom. The van der Waals surface area contributed by atoms with Crippen molar-refractivity contribution in [3.05, 3.63) is 35.4 Å². The van der Waals surface area contributed by atoms with Crippen LogP contribution < -0.4 is 0 Å². The van der Waals surface area contributed by atoms with Crippen molar-refractivity contribution < 1.29 is 14.6 Å². The van der Waals surface area contributed by atoms with E-state index in [0.29, 0.717) is 18.6 Å². The molecule has 2 atom stereocenters. The Morgan fingerprint density at radius 3 is 2.33 bits per heavy atom. The maximum atomic E-state index is 10.8. The molecular weight excluding hydrogens is 338 g/mol. The van der Waals surface area contributed by atoms with Gasteiger partial charge >= 0.3 is 5.97 Å². The quantitative estimate of drug-likeness (QED) is 0.773. The van der Waals surface area contributed by atoms with E-state index in [2.05, 4.69) is 24.7 Å². The summed E-state index contributed by atoms with van der Waals surface area (Å²) in [6.45, 7) is 10.2. The van der Waals surface area contributed by atoms with Crippen LogP contribution in [0, 0.1) is 24.2 Å². The third-order valence-corrected chi connectivity index (χ3v) is 5.47. The monoisotopic (exact) mass is 371 g/mol. The van der Waals surface area contributed by atoms with Crippen molar-refractivity contribution in [2.75, 3.05) is 26.2 Å². The van der Waals surface area contributed by atoms with Crippen LogP contribution in [0.1, 0.15) is 50.7 Å². The second-order valence-electron chi connectivity index (χ2n) is 8.09. The molecule has 2 bridgehead atoms. The van der Waals surface area contributed by atoms with Crippen molar-refractivity contribution in [1.29, 1.82) is 0 Å². The van der Waals surface area contributed by atoms with Gasteiger partial charge in [-0.05, 0) is 62.2 Å². The van der Waals surface area contributed by atoms with Crippen LogP contribution in [-0.4, -0.2) is 48.3 Å². The molecule has 1 unspecified atom stereocenters. The Labute approximate surface area is 163 Å². The second kappa shape index (κ2) is 10.5. The lowest BCUT2D eigenvalue weighted by Gasteiger charge is -2.44. The van der Waals surface area contributed by atoms with Crippen molar-refractivity contribution in [3.8, 4) is 12.3 Å². The van der Waals surface area contributed by atoms with Gasteiger partial charge in [-0.2, -0.15) is 0 Å². The Bertz CT molecular complexity index is 624. The van der Waals surface area contributed by atoms with Gasteiger partial charge in [0.15, 0.2) is 0 Å². The molecule has 1 N–H and O–H groups in total. The normalized spacial score (nSPS) is 24.6. The van der Waals surface area contributed by atoms with Crippen molar-refractivity contribution >= 4 is 5.97 Å². The summed E-state index contributed by atoms with van der Waals surface area (Å²) in [6, 6.07) is 7.87. The van der Waals surface area contributed by atoms with Gasteiger partial charge in [0.25, 0.3) is 0 Å². The minimum Gasteiger partial charge on any atom is -0.481 e. The van der Waals surface area contributed by atoms with Gasteiger partial charge in [0.05, 0.1) is 12.0 Å². The molecule has 0 amide bonds. The van der Waals surface area contributed by atoms with Gasteiger partial charge in [0.1, 0.15) is 6.61 Å². The molecule has 4 rings (SSSR count). The molecule has 3 fully saturated rings. The minimum atomic E-state index is -0.772. The highest BCUT2D eigenvalue weighted by atomic mass is 16.5. The first-order valence-electron chi connectivity index (χ1n) is 9.99. The van der Waals surface area contributed by atoms with Gasteiger partial charge in [-0.3, -0.25) is 4.79 Å². The number of rotatable bonds is 6. The zero-order valence-electron chi connectivity index (χ0n) is 16.9. The Hall–Kier alpha value is -1.83. The largest absolute Gasteiger partial charge is 0.481 e. The number of benzene rings is 1. The van der Waals surface area contributed by atoms with E-state index >= 15 is 0 Å². The van der Waals surface area contributed by atoms with Crippen LogP contribution >= 0.6 is 0 Å². The van der Waals surface area contributed by atoms with Crippen molar-refractivity contribution in [1.82, 2.24) is 4.90 Å². The highest BCUT2D eigenvalue weighted by Crippen LogP contribution is 2.29. The number of carboxylic acids is 1. The van der Waals surface area contributed by atoms with E-state index in [1.165, 1.54) is 31.5 Å². The fraction of sp³-hybridized carbons (Fsp3) is 0.609. The standard InChI is InChI=1S/C13H18O2.C10H15NO/c1-9(2)8-11-4-6-12(7-5-11)10(3)13(14)15;1-2-7-12-10-8-11-5-3-9(10)4-6-11/h4-7,9-10H,8H2,1-3H3,(H,14,15);1,9-10H,3-8H2/t;10-/m.0/s1. The topological polar surface area (TPSA) is 49.8 Å².